The molecule has 1 N–H and O–H groups in total. The van der Waals surface area contributed by atoms with Crippen molar-refractivity contribution >= 4 is 49.1 Å². The molecule has 0 fully saturated rings. The van der Waals surface area contributed by atoms with Crippen molar-refractivity contribution in [3.05, 3.63) is 54.6 Å². The minimum absolute atomic E-state index is 0.0491. The lowest BCUT2D eigenvalue weighted by Gasteiger charge is -2.04. The predicted octanol–water partition coefficient (Wildman–Crippen LogP) is 4.51. The zero-order valence-electron chi connectivity index (χ0n) is 9.67. The summed E-state index contributed by atoms with van der Waals surface area (Å²) in [6.45, 7) is 2.59. The van der Waals surface area contributed by atoms with Crippen molar-refractivity contribution in [2.45, 2.75) is 13.5 Å². The van der Waals surface area contributed by atoms with Gasteiger partial charge in [0.05, 0.1) is 8.66 Å². The maximum atomic E-state index is 11.9. The van der Waals surface area contributed by atoms with Gasteiger partial charge in [0.15, 0.2) is 0 Å². The van der Waals surface area contributed by atoms with Gasteiger partial charge in [-0.1, -0.05) is 29.8 Å². The monoisotopic (exact) mass is 387 g/mol. The van der Waals surface area contributed by atoms with E-state index in [-0.39, 0.29) is 5.91 Å². The van der Waals surface area contributed by atoms with Crippen molar-refractivity contribution in [3.8, 4) is 0 Å². The lowest BCUT2D eigenvalue weighted by molar-refractivity contribution is 0.0955. The van der Waals surface area contributed by atoms with Crippen LogP contribution >= 0.6 is 43.2 Å². The van der Waals surface area contributed by atoms with Crippen molar-refractivity contribution in [3.63, 3.8) is 0 Å². The Morgan fingerprint density at radius 2 is 1.94 bits per heavy atom. The third-order valence-corrected chi connectivity index (χ3v) is 5.70. The number of amides is 1. The summed E-state index contributed by atoms with van der Waals surface area (Å²) in [6, 6.07) is 9.95. The largest absolute Gasteiger partial charge is 0.347 e. The molecule has 18 heavy (non-hydrogen) atoms. The Morgan fingerprint density at radius 1 is 1.28 bits per heavy atom. The lowest BCUT2D eigenvalue weighted by atomic mass is 10.1. The van der Waals surface area contributed by atoms with Crippen LogP contribution in [0, 0.1) is 6.92 Å². The number of carbonyl (C=O) groups excluding carboxylic acids is 1. The number of aryl methyl sites for hydroxylation is 1. The minimum Gasteiger partial charge on any atom is -0.347 e. The van der Waals surface area contributed by atoms with Crippen LogP contribution in [-0.4, -0.2) is 5.91 Å². The van der Waals surface area contributed by atoms with Crippen LogP contribution < -0.4 is 5.32 Å². The van der Waals surface area contributed by atoms with E-state index in [2.05, 4.69) is 37.2 Å². The van der Waals surface area contributed by atoms with Crippen LogP contribution in [0.25, 0.3) is 0 Å². The highest BCUT2D eigenvalue weighted by atomic mass is 79.9. The molecule has 1 amide bonds. The van der Waals surface area contributed by atoms with Gasteiger partial charge < -0.3 is 5.32 Å². The summed E-state index contributed by atoms with van der Waals surface area (Å²) in [5.41, 5.74) is 2.32. The second-order valence-corrected chi connectivity index (χ2v) is 7.13. The van der Waals surface area contributed by atoms with Gasteiger partial charge in [-0.15, -0.1) is 11.3 Å². The average molecular weight is 389 g/mol. The van der Waals surface area contributed by atoms with Crippen LogP contribution in [0.15, 0.2) is 38.6 Å². The minimum atomic E-state index is -0.0491. The first-order chi connectivity index (χ1) is 8.56. The van der Waals surface area contributed by atoms with Crippen molar-refractivity contribution < 1.29 is 4.79 Å². The topological polar surface area (TPSA) is 29.1 Å². The molecule has 0 aliphatic rings. The summed E-state index contributed by atoms with van der Waals surface area (Å²) in [4.78, 5) is 12.6. The molecule has 0 spiro atoms. The highest BCUT2D eigenvalue weighted by Gasteiger charge is 2.11. The first-order valence-corrected chi connectivity index (χ1v) is 7.75. The number of benzene rings is 1. The van der Waals surface area contributed by atoms with Gasteiger partial charge in [-0.3, -0.25) is 4.79 Å². The molecular weight excluding hydrogens is 378 g/mol. The second kappa shape index (κ2) is 5.99. The van der Waals surface area contributed by atoms with E-state index in [0.29, 0.717) is 11.4 Å². The van der Waals surface area contributed by atoms with Crippen molar-refractivity contribution in [1.82, 2.24) is 5.32 Å². The maximum Gasteiger partial charge on any atom is 0.261 e. The van der Waals surface area contributed by atoms with Crippen LogP contribution in [0.4, 0.5) is 0 Å². The third kappa shape index (κ3) is 3.43. The van der Waals surface area contributed by atoms with E-state index < -0.39 is 0 Å². The third-order valence-electron chi connectivity index (χ3n) is 2.44. The standard InChI is InChI=1S/C13H11Br2NOS/c1-8-2-4-9(5-3-8)7-16-13(17)11-6-10(14)12(15)18-11/h2-6H,7H2,1H3,(H,16,17). The fourth-order valence-corrected chi connectivity index (χ4v) is 3.39. The SMILES string of the molecule is Cc1ccc(CNC(=O)c2cc(Br)c(Br)s2)cc1. The molecule has 2 rings (SSSR count). The molecule has 1 heterocycles. The molecule has 0 bridgehead atoms. The van der Waals surface area contributed by atoms with Gasteiger partial charge in [0.2, 0.25) is 0 Å². The Bertz CT molecular complexity index is 543. The summed E-state index contributed by atoms with van der Waals surface area (Å²) >= 11 is 8.17. The van der Waals surface area contributed by atoms with Crippen LogP contribution in [0.2, 0.25) is 0 Å². The molecule has 0 aliphatic carbocycles. The summed E-state index contributed by atoms with van der Waals surface area (Å²) in [6.07, 6.45) is 0. The van der Waals surface area contributed by atoms with E-state index in [1.807, 2.05) is 37.3 Å². The van der Waals surface area contributed by atoms with E-state index >= 15 is 0 Å². The molecule has 5 heteroatoms. The van der Waals surface area contributed by atoms with Gasteiger partial charge in [0, 0.05) is 11.0 Å². The van der Waals surface area contributed by atoms with Crippen LogP contribution in [0.3, 0.4) is 0 Å². The summed E-state index contributed by atoms with van der Waals surface area (Å²) in [5.74, 6) is -0.0491. The molecule has 1 aromatic carbocycles. The molecule has 0 atom stereocenters. The van der Waals surface area contributed by atoms with E-state index in [4.69, 9.17) is 0 Å². The van der Waals surface area contributed by atoms with Gasteiger partial charge in [-0.25, -0.2) is 0 Å². The average Bonchev–Trinajstić information content (AvgIpc) is 2.69. The molecule has 0 saturated carbocycles. The van der Waals surface area contributed by atoms with Crippen molar-refractivity contribution in [2.24, 2.45) is 0 Å². The number of thiophene rings is 1. The van der Waals surface area contributed by atoms with E-state index in [0.717, 1.165) is 13.8 Å². The summed E-state index contributed by atoms with van der Waals surface area (Å²) in [7, 11) is 0. The number of carbonyl (C=O) groups is 1. The Hall–Kier alpha value is -0.650. The fraction of sp³-hybridized carbons (Fsp3) is 0.154. The molecule has 1 aromatic heterocycles. The van der Waals surface area contributed by atoms with E-state index in [9.17, 15) is 4.79 Å². The molecular formula is C13H11Br2NOS. The number of nitrogens with one attached hydrogen (secondary N) is 1. The first-order valence-electron chi connectivity index (χ1n) is 5.35. The van der Waals surface area contributed by atoms with E-state index in [1.165, 1.54) is 16.9 Å². The molecule has 2 aromatic rings. The highest BCUT2D eigenvalue weighted by Crippen LogP contribution is 2.32. The quantitative estimate of drug-likeness (QED) is 0.823. The number of hydrogen-bond acceptors (Lipinski definition) is 2. The van der Waals surface area contributed by atoms with Gasteiger partial charge in [-0.2, -0.15) is 0 Å². The summed E-state index contributed by atoms with van der Waals surface area (Å²) in [5, 5.41) is 2.91. The fourth-order valence-electron chi connectivity index (χ4n) is 1.43. The second-order valence-electron chi connectivity index (χ2n) is 3.90. The zero-order valence-corrected chi connectivity index (χ0v) is 13.7. The van der Waals surface area contributed by atoms with Crippen LogP contribution in [0.5, 0.6) is 0 Å². The normalized spacial score (nSPS) is 10.4. The predicted molar refractivity (Wildman–Crippen MR) is 82.1 cm³/mol. The molecule has 0 radical (unpaired) electrons. The Morgan fingerprint density at radius 3 is 2.50 bits per heavy atom. The van der Waals surface area contributed by atoms with Crippen LogP contribution in [0.1, 0.15) is 20.8 Å². The Balaban J connectivity index is 1.98. The maximum absolute atomic E-state index is 11.9. The molecule has 2 nitrogen and oxygen atoms in total. The first kappa shape index (κ1) is 13.8. The van der Waals surface area contributed by atoms with Crippen LogP contribution in [-0.2, 0) is 6.54 Å². The van der Waals surface area contributed by atoms with E-state index in [1.54, 1.807) is 0 Å². The zero-order chi connectivity index (χ0) is 13.1. The Labute approximate surface area is 127 Å². The Kier molecular flexibility index (Phi) is 4.59. The molecule has 0 saturated heterocycles. The molecule has 94 valence electrons. The number of hydrogen-bond donors (Lipinski definition) is 1. The smallest absolute Gasteiger partial charge is 0.261 e. The lowest BCUT2D eigenvalue weighted by Crippen LogP contribution is -2.21. The van der Waals surface area contributed by atoms with Crippen molar-refractivity contribution in [2.75, 3.05) is 0 Å². The number of halogens is 2. The van der Waals surface area contributed by atoms with Gasteiger partial charge >= 0.3 is 0 Å². The van der Waals surface area contributed by atoms with Gasteiger partial charge in [0.25, 0.3) is 5.91 Å². The van der Waals surface area contributed by atoms with Crippen molar-refractivity contribution in [1.29, 1.82) is 0 Å². The van der Waals surface area contributed by atoms with Gasteiger partial charge in [0.1, 0.15) is 0 Å². The summed E-state index contributed by atoms with van der Waals surface area (Å²) < 4.78 is 1.84. The molecule has 0 unspecified atom stereocenters. The highest BCUT2D eigenvalue weighted by molar-refractivity contribution is 9.13. The number of rotatable bonds is 3. The van der Waals surface area contributed by atoms with Gasteiger partial charge in [-0.05, 0) is 50.4 Å². The molecule has 0 aliphatic heterocycles.